The van der Waals surface area contributed by atoms with Crippen LogP contribution in [0.25, 0.3) is 0 Å². The van der Waals surface area contributed by atoms with Gasteiger partial charge in [0.05, 0.1) is 5.69 Å². The summed E-state index contributed by atoms with van der Waals surface area (Å²) in [6.45, 7) is 10.0. The molecule has 0 aromatic carbocycles. The summed E-state index contributed by atoms with van der Waals surface area (Å²) in [5.74, 6) is 1.78. The van der Waals surface area contributed by atoms with E-state index in [1.54, 1.807) is 0 Å². The van der Waals surface area contributed by atoms with Gasteiger partial charge in [0.1, 0.15) is 5.82 Å². The van der Waals surface area contributed by atoms with Gasteiger partial charge in [-0.25, -0.2) is 9.97 Å². The summed E-state index contributed by atoms with van der Waals surface area (Å²) in [5, 5.41) is 3.46. The molecule has 0 aliphatic carbocycles. The molecule has 1 fully saturated rings. The summed E-state index contributed by atoms with van der Waals surface area (Å²) in [4.78, 5) is 11.1. The van der Waals surface area contributed by atoms with Crippen molar-refractivity contribution in [3.05, 3.63) is 23.8 Å². The lowest BCUT2D eigenvalue weighted by atomic mass is 9.99. The third-order valence-electron chi connectivity index (χ3n) is 3.84. The maximum atomic E-state index is 4.38. The van der Waals surface area contributed by atoms with E-state index in [4.69, 9.17) is 0 Å². The minimum absolute atomic E-state index is 0.848. The Balaban J connectivity index is 1.55. The number of aryl methyl sites for hydroxylation is 1. The highest BCUT2D eigenvalue weighted by Crippen LogP contribution is 2.15. The Labute approximate surface area is 116 Å². The summed E-state index contributed by atoms with van der Waals surface area (Å²) in [7, 11) is 0. The first kappa shape index (κ1) is 14.4. The van der Waals surface area contributed by atoms with E-state index in [2.05, 4.69) is 27.1 Å². The highest BCUT2D eigenvalue weighted by Gasteiger charge is 2.14. The summed E-state index contributed by atoms with van der Waals surface area (Å²) in [6.07, 6.45) is 5.79. The number of hydrogen-bond donors (Lipinski definition) is 1. The molecule has 4 heteroatoms. The molecular weight excluding hydrogens is 236 g/mol. The zero-order chi connectivity index (χ0) is 13.5. The molecule has 1 aliphatic rings. The Bertz CT molecular complexity index is 372. The second-order valence-corrected chi connectivity index (χ2v) is 5.65. The molecule has 1 N–H and O–H groups in total. The fraction of sp³-hybridized carbons (Fsp3) is 0.733. The summed E-state index contributed by atoms with van der Waals surface area (Å²) < 4.78 is 0. The van der Waals surface area contributed by atoms with Crippen LogP contribution in [0, 0.1) is 12.8 Å². The van der Waals surface area contributed by atoms with E-state index in [0.29, 0.717) is 0 Å². The van der Waals surface area contributed by atoms with Crippen LogP contribution in [-0.4, -0.2) is 41.0 Å². The van der Waals surface area contributed by atoms with Crippen molar-refractivity contribution in [2.24, 2.45) is 5.92 Å². The third kappa shape index (κ3) is 5.25. The molecule has 2 rings (SSSR count). The minimum Gasteiger partial charge on any atom is -0.311 e. The van der Waals surface area contributed by atoms with Crippen LogP contribution in [0.2, 0.25) is 0 Å². The van der Waals surface area contributed by atoms with Crippen LogP contribution in [0.4, 0.5) is 0 Å². The molecule has 0 radical (unpaired) electrons. The van der Waals surface area contributed by atoms with Gasteiger partial charge in [-0.3, -0.25) is 0 Å². The molecule has 106 valence electrons. The molecule has 0 amide bonds. The first-order valence-electron chi connectivity index (χ1n) is 7.45. The number of hydrogen-bond acceptors (Lipinski definition) is 4. The van der Waals surface area contributed by atoms with Crippen molar-refractivity contribution in [1.82, 2.24) is 20.2 Å². The second-order valence-electron chi connectivity index (χ2n) is 5.65. The molecule has 0 saturated carbocycles. The Morgan fingerprint density at radius 3 is 2.89 bits per heavy atom. The molecule has 0 spiro atoms. The molecule has 19 heavy (non-hydrogen) atoms. The van der Waals surface area contributed by atoms with Gasteiger partial charge in [-0.2, -0.15) is 0 Å². The topological polar surface area (TPSA) is 41.1 Å². The molecule has 4 nitrogen and oxygen atoms in total. The molecule has 0 atom stereocenters. The van der Waals surface area contributed by atoms with Crippen LogP contribution in [0.15, 0.2) is 12.3 Å². The Morgan fingerprint density at radius 2 is 2.16 bits per heavy atom. The Hall–Kier alpha value is -1.00. The Morgan fingerprint density at radius 1 is 1.37 bits per heavy atom. The molecule has 2 heterocycles. The lowest BCUT2D eigenvalue weighted by Gasteiger charge is -2.30. The maximum absolute atomic E-state index is 4.38. The molecule has 1 aromatic heterocycles. The molecule has 1 aliphatic heterocycles. The normalized spacial score (nSPS) is 17.8. The lowest BCUT2D eigenvalue weighted by Crippen LogP contribution is -2.34. The number of likely N-dealkylation sites (tertiary alicyclic amines) is 1. The van der Waals surface area contributed by atoms with E-state index in [1.807, 2.05) is 19.2 Å². The third-order valence-corrected chi connectivity index (χ3v) is 3.84. The van der Waals surface area contributed by atoms with Crippen LogP contribution in [0.5, 0.6) is 0 Å². The zero-order valence-corrected chi connectivity index (χ0v) is 12.2. The van der Waals surface area contributed by atoms with Gasteiger partial charge in [-0.15, -0.1) is 0 Å². The average Bonchev–Trinajstić information content (AvgIpc) is 2.41. The maximum Gasteiger partial charge on any atom is 0.125 e. The van der Waals surface area contributed by atoms with E-state index in [9.17, 15) is 0 Å². The molecule has 0 unspecified atom stereocenters. The van der Waals surface area contributed by atoms with E-state index >= 15 is 0 Å². The van der Waals surface area contributed by atoms with Crippen molar-refractivity contribution < 1.29 is 0 Å². The summed E-state index contributed by atoms with van der Waals surface area (Å²) in [6, 6.07) is 1.98. The van der Waals surface area contributed by atoms with Crippen LogP contribution < -0.4 is 5.32 Å². The van der Waals surface area contributed by atoms with Gasteiger partial charge in [0.15, 0.2) is 0 Å². The van der Waals surface area contributed by atoms with E-state index in [0.717, 1.165) is 30.5 Å². The van der Waals surface area contributed by atoms with Gasteiger partial charge >= 0.3 is 0 Å². The van der Waals surface area contributed by atoms with Gasteiger partial charge < -0.3 is 10.2 Å². The largest absolute Gasteiger partial charge is 0.311 e. The Kier molecular flexibility index (Phi) is 5.73. The smallest absolute Gasteiger partial charge is 0.125 e. The van der Waals surface area contributed by atoms with Gasteiger partial charge in [0.25, 0.3) is 0 Å². The number of nitrogens with zero attached hydrogens (tertiary/aromatic N) is 3. The van der Waals surface area contributed by atoms with E-state index < -0.39 is 0 Å². The quantitative estimate of drug-likeness (QED) is 0.796. The average molecular weight is 262 g/mol. The van der Waals surface area contributed by atoms with Crippen molar-refractivity contribution >= 4 is 0 Å². The predicted octanol–water partition coefficient (Wildman–Crippen LogP) is 2.00. The first-order valence-corrected chi connectivity index (χ1v) is 7.45. The van der Waals surface area contributed by atoms with Crippen molar-refractivity contribution in [3.8, 4) is 0 Å². The van der Waals surface area contributed by atoms with Crippen molar-refractivity contribution in [2.75, 3.05) is 26.2 Å². The first-order chi connectivity index (χ1) is 9.24. The van der Waals surface area contributed by atoms with Gasteiger partial charge in [0.2, 0.25) is 0 Å². The molecule has 1 aromatic rings. The van der Waals surface area contributed by atoms with Crippen molar-refractivity contribution in [3.63, 3.8) is 0 Å². The van der Waals surface area contributed by atoms with Crippen molar-refractivity contribution in [2.45, 2.75) is 39.7 Å². The minimum atomic E-state index is 0.848. The number of aromatic nitrogens is 2. The van der Waals surface area contributed by atoms with E-state index in [-0.39, 0.29) is 0 Å². The van der Waals surface area contributed by atoms with E-state index in [1.165, 1.54) is 38.9 Å². The van der Waals surface area contributed by atoms with Crippen LogP contribution in [0.3, 0.4) is 0 Å². The number of rotatable bonds is 6. The monoisotopic (exact) mass is 262 g/mol. The molecule has 0 bridgehead atoms. The highest BCUT2D eigenvalue weighted by atomic mass is 15.1. The van der Waals surface area contributed by atoms with Crippen LogP contribution in [0.1, 0.15) is 37.7 Å². The fourth-order valence-electron chi connectivity index (χ4n) is 2.53. The van der Waals surface area contributed by atoms with Crippen LogP contribution in [-0.2, 0) is 6.54 Å². The van der Waals surface area contributed by atoms with Crippen molar-refractivity contribution in [1.29, 1.82) is 0 Å². The summed E-state index contributed by atoms with van der Waals surface area (Å²) >= 11 is 0. The zero-order valence-electron chi connectivity index (χ0n) is 12.2. The van der Waals surface area contributed by atoms with Gasteiger partial charge in [0, 0.05) is 12.7 Å². The lowest BCUT2D eigenvalue weighted by molar-refractivity contribution is 0.190. The van der Waals surface area contributed by atoms with Gasteiger partial charge in [-0.05, 0) is 64.3 Å². The fourth-order valence-corrected chi connectivity index (χ4v) is 2.53. The standard InChI is InChI=1S/C15H26N4/c1-13-5-10-19(11-6-13)9-3-7-16-12-15-4-8-17-14(2)18-15/h4,8,13,16H,3,5-7,9-12H2,1-2H3. The second kappa shape index (κ2) is 7.56. The van der Waals surface area contributed by atoms with Gasteiger partial charge in [-0.1, -0.05) is 6.92 Å². The number of nitrogens with one attached hydrogen (secondary N) is 1. The molecular formula is C15H26N4. The SMILES string of the molecule is Cc1nccc(CNCCCN2CCC(C)CC2)n1. The summed E-state index contributed by atoms with van der Waals surface area (Å²) in [5.41, 5.74) is 1.08. The number of piperidine rings is 1. The predicted molar refractivity (Wildman–Crippen MR) is 77.9 cm³/mol. The highest BCUT2D eigenvalue weighted by molar-refractivity contribution is 5.00. The van der Waals surface area contributed by atoms with Crippen LogP contribution >= 0.6 is 0 Å². The molecule has 1 saturated heterocycles.